The zero-order valence-corrected chi connectivity index (χ0v) is 10.1. The molecule has 0 radical (unpaired) electrons. The van der Waals surface area contributed by atoms with Gasteiger partial charge in [0.1, 0.15) is 0 Å². The lowest BCUT2D eigenvalue weighted by Gasteiger charge is -2.06. The highest BCUT2D eigenvalue weighted by Crippen LogP contribution is 1.99. The van der Waals surface area contributed by atoms with Crippen LogP contribution in [0.3, 0.4) is 0 Å². The molecule has 2 nitrogen and oxygen atoms in total. The van der Waals surface area contributed by atoms with Crippen LogP contribution >= 0.6 is 0 Å². The van der Waals surface area contributed by atoms with Crippen LogP contribution in [0.5, 0.6) is 0 Å². The second kappa shape index (κ2) is 8.08. The first kappa shape index (κ1) is 12.9. The van der Waals surface area contributed by atoms with Crippen molar-refractivity contribution in [1.82, 2.24) is 5.32 Å². The predicted octanol–water partition coefficient (Wildman–Crippen LogP) is 2.71. The normalized spacial score (nSPS) is 11.4. The molecule has 0 saturated carbocycles. The van der Waals surface area contributed by atoms with Gasteiger partial charge < -0.3 is 10.1 Å². The Balaban J connectivity index is 2.05. The van der Waals surface area contributed by atoms with E-state index in [1.807, 2.05) is 18.2 Å². The van der Waals surface area contributed by atoms with Gasteiger partial charge in [-0.3, -0.25) is 0 Å². The molecular formula is C14H21NO. The minimum absolute atomic E-state index is 0.321. The lowest BCUT2D eigenvalue weighted by Crippen LogP contribution is -2.21. The zero-order chi connectivity index (χ0) is 11.6. The number of ether oxygens (including phenoxy) is 1. The fourth-order valence-electron chi connectivity index (χ4n) is 1.31. The molecule has 0 heterocycles. The SMILES string of the molecule is CC(C)OCCNC/C=C/c1ccccc1. The molecule has 0 fully saturated rings. The van der Waals surface area contributed by atoms with E-state index in [2.05, 4.69) is 43.4 Å². The fourth-order valence-corrected chi connectivity index (χ4v) is 1.31. The summed E-state index contributed by atoms with van der Waals surface area (Å²) in [4.78, 5) is 0. The summed E-state index contributed by atoms with van der Waals surface area (Å²) < 4.78 is 5.42. The Hall–Kier alpha value is -1.12. The number of benzene rings is 1. The standard InChI is InChI=1S/C14H21NO/c1-13(2)16-12-11-15-10-6-9-14-7-4-3-5-8-14/h3-9,13,15H,10-12H2,1-2H3/b9-6+. The topological polar surface area (TPSA) is 21.3 Å². The lowest BCUT2D eigenvalue weighted by atomic mass is 10.2. The average molecular weight is 219 g/mol. The first-order chi connectivity index (χ1) is 7.79. The van der Waals surface area contributed by atoms with E-state index in [4.69, 9.17) is 4.74 Å². The smallest absolute Gasteiger partial charge is 0.0594 e. The fraction of sp³-hybridized carbons (Fsp3) is 0.429. The van der Waals surface area contributed by atoms with Crippen LogP contribution in [0.1, 0.15) is 19.4 Å². The van der Waals surface area contributed by atoms with Gasteiger partial charge in [-0.05, 0) is 19.4 Å². The molecule has 0 amide bonds. The quantitative estimate of drug-likeness (QED) is 0.712. The maximum Gasteiger partial charge on any atom is 0.0594 e. The highest BCUT2D eigenvalue weighted by atomic mass is 16.5. The van der Waals surface area contributed by atoms with E-state index in [1.54, 1.807) is 0 Å². The van der Waals surface area contributed by atoms with E-state index in [-0.39, 0.29) is 0 Å². The van der Waals surface area contributed by atoms with Crippen molar-refractivity contribution in [3.05, 3.63) is 42.0 Å². The maximum atomic E-state index is 5.42. The number of hydrogen-bond acceptors (Lipinski definition) is 2. The Kier molecular flexibility index (Phi) is 6.54. The Labute approximate surface area is 98.3 Å². The molecule has 0 atom stereocenters. The summed E-state index contributed by atoms with van der Waals surface area (Å²) >= 11 is 0. The third-order valence-electron chi connectivity index (χ3n) is 2.10. The van der Waals surface area contributed by atoms with Crippen molar-refractivity contribution < 1.29 is 4.74 Å². The third-order valence-corrected chi connectivity index (χ3v) is 2.10. The van der Waals surface area contributed by atoms with Crippen molar-refractivity contribution in [2.75, 3.05) is 19.7 Å². The molecule has 0 aliphatic rings. The van der Waals surface area contributed by atoms with Crippen LogP contribution in [0, 0.1) is 0 Å². The van der Waals surface area contributed by atoms with Gasteiger partial charge in [-0.2, -0.15) is 0 Å². The monoisotopic (exact) mass is 219 g/mol. The Morgan fingerprint density at radius 2 is 2.00 bits per heavy atom. The summed E-state index contributed by atoms with van der Waals surface area (Å²) in [5.74, 6) is 0. The van der Waals surface area contributed by atoms with Crippen LogP contribution in [-0.2, 0) is 4.74 Å². The van der Waals surface area contributed by atoms with Gasteiger partial charge in [0.15, 0.2) is 0 Å². The van der Waals surface area contributed by atoms with E-state index in [0.29, 0.717) is 6.10 Å². The van der Waals surface area contributed by atoms with Crippen molar-refractivity contribution in [1.29, 1.82) is 0 Å². The summed E-state index contributed by atoms with van der Waals surface area (Å²) in [6.45, 7) is 6.66. The van der Waals surface area contributed by atoms with Crippen LogP contribution in [-0.4, -0.2) is 25.8 Å². The highest BCUT2D eigenvalue weighted by Gasteiger charge is 1.90. The van der Waals surface area contributed by atoms with Gasteiger partial charge in [-0.1, -0.05) is 42.5 Å². The molecule has 16 heavy (non-hydrogen) atoms. The molecule has 1 aromatic rings. The minimum Gasteiger partial charge on any atom is -0.377 e. The van der Waals surface area contributed by atoms with Crippen molar-refractivity contribution in [3.8, 4) is 0 Å². The van der Waals surface area contributed by atoms with Crippen LogP contribution in [0.2, 0.25) is 0 Å². The molecule has 1 aromatic carbocycles. The summed E-state index contributed by atoms with van der Waals surface area (Å²) in [6.07, 6.45) is 4.57. The summed E-state index contributed by atoms with van der Waals surface area (Å²) in [5, 5.41) is 3.30. The zero-order valence-electron chi connectivity index (χ0n) is 10.1. The van der Waals surface area contributed by atoms with Gasteiger partial charge in [0.2, 0.25) is 0 Å². The van der Waals surface area contributed by atoms with E-state index in [1.165, 1.54) is 5.56 Å². The van der Waals surface area contributed by atoms with Gasteiger partial charge in [0.25, 0.3) is 0 Å². The Morgan fingerprint density at radius 1 is 1.25 bits per heavy atom. The Morgan fingerprint density at radius 3 is 2.69 bits per heavy atom. The number of hydrogen-bond donors (Lipinski definition) is 1. The van der Waals surface area contributed by atoms with Crippen LogP contribution in [0.4, 0.5) is 0 Å². The van der Waals surface area contributed by atoms with Crippen molar-refractivity contribution in [3.63, 3.8) is 0 Å². The number of rotatable bonds is 7. The van der Waals surface area contributed by atoms with Gasteiger partial charge in [-0.15, -0.1) is 0 Å². The molecule has 0 bridgehead atoms. The van der Waals surface area contributed by atoms with Gasteiger partial charge in [0, 0.05) is 13.1 Å². The van der Waals surface area contributed by atoms with Crippen molar-refractivity contribution in [2.45, 2.75) is 20.0 Å². The first-order valence-corrected chi connectivity index (χ1v) is 5.83. The maximum absolute atomic E-state index is 5.42. The molecule has 2 heteroatoms. The van der Waals surface area contributed by atoms with Gasteiger partial charge in [0.05, 0.1) is 12.7 Å². The molecule has 88 valence electrons. The molecule has 0 saturated heterocycles. The van der Waals surface area contributed by atoms with Crippen LogP contribution in [0.25, 0.3) is 6.08 Å². The van der Waals surface area contributed by atoms with Crippen LogP contribution < -0.4 is 5.32 Å². The molecule has 0 aromatic heterocycles. The van der Waals surface area contributed by atoms with Crippen molar-refractivity contribution in [2.24, 2.45) is 0 Å². The predicted molar refractivity (Wildman–Crippen MR) is 69.4 cm³/mol. The lowest BCUT2D eigenvalue weighted by molar-refractivity contribution is 0.0813. The molecule has 1 rings (SSSR count). The van der Waals surface area contributed by atoms with E-state index < -0.39 is 0 Å². The third kappa shape index (κ3) is 6.38. The van der Waals surface area contributed by atoms with Crippen molar-refractivity contribution >= 4 is 6.08 Å². The second-order valence-corrected chi connectivity index (χ2v) is 3.94. The molecular weight excluding hydrogens is 198 g/mol. The summed E-state index contributed by atoms with van der Waals surface area (Å²) in [7, 11) is 0. The summed E-state index contributed by atoms with van der Waals surface area (Å²) in [6, 6.07) is 10.3. The van der Waals surface area contributed by atoms with E-state index in [0.717, 1.165) is 19.7 Å². The van der Waals surface area contributed by atoms with Gasteiger partial charge >= 0.3 is 0 Å². The summed E-state index contributed by atoms with van der Waals surface area (Å²) in [5.41, 5.74) is 1.24. The molecule has 0 unspecified atom stereocenters. The first-order valence-electron chi connectivity index (χ1n) is 5.83. The van der Waals surface area contributed by atoms with E-state index in [9.17, 15) is 0 Å². The molecule has 0 aliphatic heterocycles. The van der Waals surface area contributed by atoms with Gasteiger partial charge in [-0.25, -0.2) is 0 Å². The Bertz CT molecular complexity index is 293. The highest BCUT2D eigenvalue weighted by molar-refractivity contribution is 5.48. The average Bonchev–Trinajstić information content (AvgIpc) is 2.29. The van der Waals surface area contributed by atoms with Crippen LogP contribution in [0.15, 0.2) is 36.4 Å². The molecule has 0 spiro atoms. The van der Waals surface area contributed by atoms with E-state index >= 15 is 0 Å². The number of nitrogens with one attached hydrogen (secondary N) is 1. The molecule has 0 aliphatic carbocycles. The minimum atomic E-state index is 0.321. The largest absolute Gasteiger partial charge is 0.377 e. The molecule has 1 N–H and O–H groups in total. The second-order valence-electron chi connectivity index (χ2n) is 3.94.